The van der Waals surface area contributed by atoms with E-state index in [1.807, 2.05) is 47.4 Å². The van der Waals surface area contributed by atoms with Crippen molar-refractivity contribution in [2.45, 2.75) is 6.92 Å². The Morgan fingerprint density at radius 2 is 1.76 bits per heavy atom. The quantitative estimate of drug-likeness (QED) is 0.365. The number of carbonyl (C=O) groups excluding carboxylic acids is 2. The largest absolute Gasteiger partial charge is 0.461 e. The number of piperazine rings is 1. The summed E-state index contributed by atoms with van der Waals surface area (Å²) in [6.07, 6.45) is 1.68. The molecule has 0 saturated carbocycles. The first-order valence-corrected chi connectivity index (χ1v) is 12.4. The van der Waals surface area contributed by atoms with Gasteiger partial charge in [-0.2, -0.15) is 10.4 Å². The van der Waals surface area contributed by atoms with Crippen molar-refractivity contribution in [2.24, 2.45) is 0 Å². The number of esters is 1. The van der Waals surface area contributed by atoms with Crippen LogP contribution in [0.25, 0.3) is 17.1 Å². The minimum Gasteiger partial charge on any atom is -0.461 e. The number of hydrogen-bond acceptors (Lipinski definition) is 7. The van der Waals surface area contributed by atoms with Gasteiger partial charge in [-0.05, 0) is 55.5 Å². The Labute approximate surface area is 220 Å². The van der Waals surface area contributed by atoms with Crippen molar-refractivity contribution in [3.63, 3.8) is 0 Å². The van der Waals surface area contributed by atoms with Crippen LogP contribution in [0.4, 0.5) is 5.69 Å². The molecule has 190 valence electrons. The SMILES string of the molecule is CCOC(=O)c1cc(-c2ccc(N3CCN(C(=O)c4cccc(C#N)c4)CC3)cc2)n(-c2ccccn2)n1. The van der Waals surface area contributed by atoms with Crippen molar-refractivity contribution >= 4 is 17.6 Å². The summed E-state index contributed by atoms with van der Waals surface area (Å²) in [5.41, 5.74) is 3.89. The monoisotopic (exact) mass is 506 g/mol. The van der Waals surface area contributed by atoms with Crippen LogP contribution in [0.5, 0.6) is 0 Å². The molecule has 2 aromatic heterocycles. The first-order valence-electron chi connectivity index (χ1n) is 12.4. The minimum absolute atomic E-state index is 0.0581. The lowest BCUT2D eigenvalue weighted by Crippen LogP contribution is -2.48. The summed E-state index contributed by atoms with van der Waals surface area (Å²) in [5.74, 6) is 0.0623. The first kappa shape index (κ1) is 24.7. The van der Waals surface area contributed by atoms with Crippen molar-refractivity contribution in [2.75, 3.05) is 37.7 Å². The van der Waals surface area contributed by atoms with E-state index in [0.29, 0.717) is 43.1 Å². The van der Waals surface area contributed by atoms with Crippen LogP contribution in [0.1, 0.15) is 33.3 Å². The van der Waals surface area contributed by atoms with Crippen LogP contribution in [0.3, 0.4) is 0 Å². The number of pyridine rings is 1. The maximum Gasteiger partial charge on any atom is 0.358 e. The van der Waals surface area contributed by atoms with Gasteiger partial charge in [0.15, 0.2) is 11.5 Å². The number of aromatic nitrogens is 3. The molecule has 3 heterocycles. The van der Waals surface area contributed by atoms with E-state index in [1.165, 1.54) is 0 Å². The van der Waals surface area contributed by atoms with Crippen LogP contribution in [0.2, 0.25) is 0 Å². The molecule has 1 aliphatic heterocycles. The molecule has 0 atom stereocenters. The molecule has 0 aliphatic carbocycles. The van der Waals surface area contributed by atoms with Gasteiger partial charge in [0.25, 0.3) is 5.91 Å². The summed E-state index contributed by atoms with van der Waals surface area (Å²) in [7, 11) is 0. The smallest absolute Gasteiger partial charge is 0.358 e. The maximum absolute atomic E-state index is 12.9. The predicted octanol–water partition coefficient (Wildman–Crippen LogP) is 3.95. The Balaban J connectivity index is 1.32. The molecule has 38 heavy (non-hydrogen) atoms. The van der Waals surface area contributed by atoms with E-state index in [4.69, 9.17) is 10.00 Å². The summed E-state index contributed by atoms with van der Waals surface area (Å²) in [6.45, 7) is 4.60. The number of nitrogens with zero attached hydrogens (tertiary/aromatic N) is 6. The zero-order valence-electron chi connectivity index (χ0n) is 20.9. The van der Waals surface area contributed by atoms with Crippen LogP contribution >= 0.6 is 0 Å². The summed E-state index contributed by atoms with van der Waals surface area (Å²) in [4.78, 5) is 33.7. The van der Waals surface area contributed by atoms with Crippen molar-refractivity contribution in [1.82, 2.24) is 19.7 Å². The van der Waals surface area contributed by atoms with Gasteiger partial charge in [0.1, 0.15) is 0 Å². The molecule has 5 rings (SSSR count). The van der Waals surface area contributed by atoms with E-state index >= 15 is 0 Å². The van der Waals surface area contributed by atoms with Crippen LogP contribution < -0.4 is 4.90 Å². The highest BCUT2D eigenvalue weighted by molar-refractivity contribution is 5.94. The molecule has 0 unspecified atom stereocenters. The molecule has 0 spiro atoms. The molecule has 0 bridgehead atoms. The van der Waals surface area contributed by atoms with E-state index in [-0.39, 0.29) is 18.2 Å². The Hall–Kier alpha value is -4.97. The van der Waals surface area contributed by atoms with Gasteiger partial charge < -0.3 is 14.5 Å². The Morgan fingerprint density at radius 1 is 0.974 bits per heavy atom. The standard InChI is InChI=1S/C29H26N6O3/c1-2-38-29(37)25-19-26(35(32-25)27-8-3-4-13-31-27)22-9-11-24(12-10-22)33-14-16-34(17-15-33)28(36)23-7-5-6-21(18-23)20-30/h3-13,18-19H,2,14-17H2,1H3. The number of hydrogen-bond donors (Lipinski definition) is 0. The molecule has 1 fully saturated rings. The lowest BCUT2D eigenvalue weighted by Gasteiger charge is -2.36. The highest BCUT2D eigenvalue weighted by atomic mass is 16.5. The van der Waals surface area contributed by atoms with E-state index in [0.717, 1.165) is 16.9 Å². The topological polar surface area (TPSA) is 104 Å². The molecule has 0 N–H and O–H groups in total. The average Bonchev–Trinajstić information content (AvgIpc) is 3.43. The number of carbonyl (C=O) groups is 2. The van der Waals surface area contributed by atoms with Crippen LogP contribution in [0, 0.1) is 11.3 Å². The highest BCUT2D eigenvalue weighted by Crippen LogP contribution is 2.27. The second-order valence-corrected chi connectivity index (χ2v) is 8.75. The van der Waals surface area contributed by atoms with Crippen LogP contribution in [-0.2, 0) is 4.74 Å². The number of nitriles is 1. The number of amides is 1. The third-order valence-corrected chi connectivity index (χ3v) is 6.39. The molecule has 4 aromatic rings. The zero-order valence-corrected chi connectivity index (χ0v) is 20.9. The summed E-state index contributed by atoms with van der Waals surface area (Å²) >= 11 is 0. The normalized spacial score (nSPS) is 13.2. The van der Waals surface area contributed by atoms with Gasteiger partial charge in [-0.3, -0.25) is 4.79 Å². The molecule has 2 aromatic carbocycles. The number of anilines is 1. The van der Waals surface area contributed by atoms with Crippen molar-refractivity contribution in [3.05, 3.63) is 95.8 Å². The molecule has 1 aliphatic rings. The molecule has 1 saturated heterocycles. The Kier molecular flexibility index (Phi) is 7.13. The molecular weight excluding hydrogens is 480 g/mol. The third kappa shape index (κ3) is 5.11. The van der Waals surface area contributed by atoms with E-state index in [1.54, 1.807) is 48.1 Å². The van der Waals surface area contributed by atoms with Gasteiger partial charge in [0.2, 0.25) is 0 Å². The van der Waals surface area contributed by atoms with E-state index in [9.17, 15) is 9.59 Å². The molecule has 9 heteroatoms. The van der Waals surface area contributed by atoms with Crippen LogP contribution in [-0.4, -0.2) is 64.3 Å². The lowest BCUT2D eigenvalue weighted by atomic mass is 10.1. The second kappa shape index (κ2) is 11.0. The summed E-state index contributed by atoms with van der Waals surface area (Å²) in [6, 6.07) is 24.2. The fourth-order valence-electron chi connectivity index (χ4n) is 4.46. The fraction of sp³-hybridized carbons (Fsp3) is 0.207. The Bertz CT molecular complexity index is 1480. The predicted molar refractivity (Wildman–Crippen MR) is 142 cm³/mol. The third-order valence-electron chi connectivity index (χ3n) is 6.39. The Morgan fingerprint density at radius 3 is 2.45 bits per heavy atom. The number of ether oxygens (including phenoxy) is 1. The van der Waals surface area contributed by atoms with Crippen molar-refractivity contribution in [3.8, 4) is 23.1 Å². The van der Waals surface area contributed by atoms with Gasteiger partial charge in [-0.15, -0.1) is 0 Å². The highest BCUT2D eigenvalue weighted by Gasteiger charge is 2.23. The summed E-state index contributed by atoms with van der Waals surface area (Å²) in [5, 5.41) is 13.6. The van der Waals surface area contributed by atoms with E-state index < -0.39 is 5.97 Å². The average molecular weight is 507 g/mol. The van der Waals surface area contributed by atoms with Gasteiger partial charge in [0.05, 0.1) is 23.9 Å². The van der Waals surface area contributed by atoms with Gasteiger partial charge in [0, 0.05) is 49.2 Å². The molecular formula is C29H26N6O3. The maximum atomic E-state index is 12.9. The van der Waals surface area contributed by atoms with Gasteiger partial charge >= 0.3 is 5.97 Å². The number of benzene rings is 2. The lowest BCUT2D eigenvalue weighted by molar-refractivity contribution is 0.0518. The minimum atomic E-state index is -0.480. The second-order valence-electron chi connectivity index (χ2n) is 8.75. The number of rotatable bonds is 6. The summed E-state index contributed by atoms with van der Waals surface area (Å²) < 4.78 is 6.79. The van der Waals surface area contributed by atoms with Crippen molar-refractivity contribution in [1.29, 1.82) is 5.26 Å². The fourth-order valence-corrected chi connectivity index (χ4v) is 4.46. The molecule has 9 nitrogen and oxygen atoms in total. The zero-order chi connectivity index (χ0) is 26.5. The van der Waals surface area contributed by atoms with E-state index in [2.05, 4.69) is 21.1 Å². The first-order chi connectivity index (χ1) is 18.6. The van der Waals surface area contributed by atoms with Crippen molar-refractivity contribution < 1.29 is 14.3 Å². The van der Waals surface area contributed by atoms with Crippen LogP contribution in [0.15, 0.2) is 79.0 Å². The molecule has 0 radical (unpaired) electrons. The molecule has 1 amide bonds. The van der Waals surface area contributed by atoms with Gasteiger partial charge in [-0.25, -0.2) is 14.5 Å². The van der Waals surface area contributed by atoms with Gasteiger partial charge in [-0.1, -0.05) is 24.3 Å².